The lowest BCUT2D eigenvalue weighted by Gasteiger charge is -2.36. The number of para-hydroxylation sites is 2. The number of piperidine rings is 1. The van der Waals surface area contributed by atoms with Gasteiger partial charge in [0.1, 0.15) is 15.9 Å². The number of aromatic nitrogens is 3. The second-order valence-corrected chi connectivity index (χ2v) is 8.77. The lowest BCUT2D eigenvalue weighted by Crippen LogP contribution is -2.40. The van der Waals surface area contributed by atoms with Gasteiger partial charge in [0.15, 0.2) is 0 Å². The highest BCUT2D eigenvalue weighted by Crippen LogP contribution is 2.27. The summed E-state index contributed by atoms with van der Waals surface area (Å²) < 4.78 is 6.24. The van der Waals surface area contributed by atoms with Crippen molar-refractivity contribution in [1.29, 1.82) is 0 Å². The normalized spacial score (nSPS) is 19.3. The highest BCUT2D eigenvalue weighted by atomic mass is 32.2. The fourth-order valence-corrected chi connectivity index (χ4v) is 4.50. The molecule has 2 atom stereocenters. The van der Waals surface area contributed by atoms with Gasteiger partial charge < -0.3 is 20.7 Å². The topological polar surface area (TPSA) is 89.2 Å². The average molecular weight is 419 g/mol. The van der Waals surface area contributed by atoms with Crippen molar-refractivity contribution in [2.75, 3.05) is 31.2 Å². The van der Waals surface area contributed by atoms with E-state index < -0.39 is 0 Å². The number of methoxy groups -OCH3 is 1. The summed E-state index contributed by atoms with van der Waals surface area (Å²) in [6.07, 6.45) is 1.26. The van der Waals surface area contributed by atoms with Crippen LogP contribution in [0.25, 0.3) is 0 Å². The van der Waals surface area contributed by atoms with E-state index >= 15 is 0 Å². The minimum Gasteiger partial charge on any atom is -0.495 e. The number of nitrogens with two attached hydrogens (primary N) is 1. The highest BCUT2D eigenvalue weighted by molar-refractivity contribution is 8.22. The van der Waals surface area contributed by atoms with Crippen LogP contribution >= 0.6 is 24.0 Å². The summed E-state index contributed by atoms with van der Waals surface area (Å²) in [6, 6.07) is 7.56. The molecule has 0 aliphatic carbocycles. The summed E-state index contributed by atoms with van der Waals surface area (Å²) in [5.41, 5.74) is 6.65. The largest absolute Gasteiger partial charge is 0.495 e. The van der Waals surface area contributed by atoms with Gasteiger partial charge in [0.2, 0.25) is 11.9 Å². The number of ether oxygens (including phenoxy) is 1. The number of anilines is 3. The third-order valence-corrected chi connectivity index (χ3v) is 6.02. The van der Waals surface area contributed by atoms with Gasteiger partial charge in [-0.2, -0.15) is 15.0 Å². The Balaban J connectivity index is 1.65. The molecule has 28 heavy (non-hydrogen) atoms. The van der Waals surface area contributed by atoms with Crippen LogP contribution < -0.4 is 15.8 Å². The number of benzene rings is 1. The van der Waals surface area contributed by atoms with E-state index in [1.807, 2.05) is 24.3 Å². The van der Waals surface area contributed by atoms with Gasteiger partial charge in [-0.15, -0.1) is 0 Å². The molecule has 2 unspecified atom stereocenters. The van der Waals surface area contributed by atoms with Crippen LogP contribution in [0.15, 0.2) is 24.3 Å². The lowest BCUT2D eigenvalue weighted by molar-refractivity contribution is 0.219. The molecule has 0 spiro atoms. The first-order valence-electron chi connectivity index (χ1n) is 9.26. The van der Waals surface area contributed by atoms with Crippen molar-refractivity contribution in [2.45, 2.75) is 26.0 Å². The molecule has 9 heteroatoms. The van der Waals surface area contributed by atoms with E-state index in [4.69, 9.17) is 22.7 Å². The van der Waals surface area contributed by atoms with Crippen molar-refractivity contribution >= 4 is 45.9 Å². The van der Waals surface area contributed by atoms with Gasteiger partial charge in [0, 0.05) is 13.1 Å². The Morgan fingerprint density at radius 3 is 2.68 bits per heavy atom. The molecule has 7 nitrogen and oxygen atoms in total. The number of thioether (sulfide) groups is 1. The molecule has 0 radical (unpaired) electrons. The molecule has 1 aliphatic rings. The first-order valence-corrected chi connectivity index (χ1v) is 10.7. The van der Waals surface area contributed by atoms with Crippen LogP contribution in [0, 0.1) is 11.8 Å². The molecule has 2 aromatic rings. The SMILES string of the molecule is COc1ccccc1Nc1nc(N)nc(CSC(=S)N2CC(C)CC(C)C2)n1. The Hall–Kier alpha value is -2.13. The first kappa shape index (κ1) is 20.6. The smallest absolute Gasteiger partial charge is 0.232 e. The minimum absolute atomic E-state index is 0.175. The number of likely N-dealkylation sites (tertiary alicyclic amines) is 1. The van der Waals surface area contributed by atoms with Crippen LogP contribution in [0.2, 0.25) is 0 Å². The molecule has 2 heterocycles. The van der Waals surface area contributed by atoms with E-state index in [-0.39, 0.29) is 5.95 Å². The summed E-state index contributed by atoms with van der Waals surface area (Å²) in [4.78, 5) is 15.2. The molecule has 3 N–H and O–H groups in total. The summed E-state index contributed by atoms with van der Waals surface area (Å²) in [6.45, 7) is 6.57. The Kier molecular flexibility index (Phi) is 6.90. The number of rotatable bonds is 5. The standard InChI is InChI=1S/C19H26N6OS2/c1-12-8-13(2)10-25(9-12)19(27)28-11-16-22-17(20)24-18(23-16)21-14-6-4-5-7-15(14)26-3/h4-7,12-13H,8-11H2,1-3H3,(H3,20,21,22,23,24). The minimum atomic E-state index is 0.175. The number of nitrogens with zero attached hydrogens (tertiary/aromatic N) is 4. The van der Waals surface area contributed by atoms with Gasteiger partial charge in [-0.25, -0.2) is 0 Å². The highest BCUT2D eigenvalue weighted by Gasteiger charge is 2.23. The fourth-order valence-electron chi connectivity index (χ4n) is 3.46. The third-order valence-electron chi connectivity index (χ3n) is 4.50. The Labute approximate surface area is 175 Å². The predicted octanol–water partition coefficient (Wildman–Crippen LogP) is 3.70. The van der Waals surface area contributed by atoms with Crippen molar-refractivity contribution in [3.63, 3.8) is 0 Å². The second kappa shape index (κ2) is 9.38. The molecular formula is C19H26N6OS2. The number of nitrogens with one attached hydrogen (secondary N) is 1. The molecule has 1 fully saturated rings. The molecule has 1 saturated heterocycles. The molecule has 0 amide bonds. The summed E-state index contributed by atoms with van der Waals surface area (Å²) in [5.74, 6) is 3.72. The van der Waals surface area contributed by atoms with E-state index in [1.165, 1.54) is 6.42 Å². The summed E-state index contributed by atoms with van der Waals surface area (Å²) >= 11 is 7.20. The fraction of sp³-hybridized carbons (Fsp3) is 0.474. The van der Waals surface area contributed by atoms with E-state index in [9.17, 15) is 0 Å². The maximum atomic E-state index is 5.88. The zero-order valence-electron chi connectivity index (χ0n) is 16.4. The van der Waals surface area contributed by atoms with Gasteiger partial charge in [0.05, 0.1) is 18.6 Å². The van der Waals surface area contributed by atoms with E-state index in [2.05, 4.69) is 39.0 Å². The average Bonchev–Trinajstić information content (AvgIpc) is 2.65. The van der Waals surface area contributed by atoms with Crippen LogP contribution in [0.4, 0.5) is 17.6 Å². The maximum absolute atomic E-state index is 5.88. The van der Waals surface area contributed by atoms with E-state index in [0.29, 0.717) is 35.1 Å². The van der Waals surface area contributed by atoms with Gasteiger partial charge in [0.25, 0.3) is 0 Å². The number of thiocarbonyl (C=S) groups is 1. The van der Waals surface area contributed by atoms with Crippen molar-refractivity contribution in [3.8, 4) is 5.75 Å². The first-order chi connectivity index (χ1) is 13.4. The summed E-state index contributed by atoms with van der Waals surface area (Å²) in [5, 5.41) is 3.15. The Morgan fingerprint density at radius 2 is 1.96 bits per heavy atom. The molecule has 0 bridgehead atoms. The molecule has 3 rings (SSSR count). The monoisotopic (exact) mass is 418 g/mol. The van der Waals surface area contributed by atoms with Crippen LogP contribution in [0.5, 0.6) is 5.75 Å². The quantitative estimate of drug-likeness (QED) is 0.705. The summed E-state index contributed by atoms with van der Waals surface area (Å²) in [7, 11) is 1.62. The second-order valence-electron chi connectivity index (χ2n) is 7.16. The predicted molar refractivity (Wildman–Crippen MR) is 119 cm³/mol. The van der Waals surface area contributed by atoms with Gasteiger partial charge in [-0.3, -0.25) is 0 Å². The van der Waals surface area contributed by atoms with Crippen molar-refractivity contribution in [2.24, 2.45) is 11.8 Å². The van der Waals surface area contributed by atoms with Crippen LogP contribution in [0.3, 0.4) is 0 Å². The molecule has 150 valence electrons. The van der Waals surface area contributed by atoms with Crippen LogP contribution in [-0.2, 0) is 5.75 Å². The molecular weight excluding hydrogens is 392 g/mol. The van der Waals surface area contributed by atoms with Gasteiger partial charge >= 0.3 is 0 Å². The number of nitrogen functional groups attached to an aromatic ring is 1. The Bertz CT molecular complexity index is 824. The van der Waals surface area contributed by atoms with E-state index in [0.717, 1.165) is 23.1 Å². The lowest BCUT2D eigenvalue weighted by atomic mass is 9.92. The maximum Gasteiger partial charge on any atom is 0.232 e. The number of hydrogen-bond donors (Lipinski definition) is 2. The molecule has 1 aliphatic heterocycles. The molecule has 0 saturated carbocycles. The zero-order chi connectivity index (χ0) is 20.1. The van der Waals surface area contributed by atoms with Crippen molar-refractivity contribution in [3.05, 3.63) is 30.1 Å². The van der Waals surface area contributed by atoms with Crippen LogP contribution in [0.1, 0.15) is 26.1 Å². The van der Waals surface area contributed by atoms with Crippen LogP contribution in [-0.4, -0.2) is 44.4 Å². The molecule has 1 aromatic carbocycles. The zero-order valence-corrected chi connectivity index (χ0v) is 18.0. The van der Waals surface area contributed by atoms with Gasteiger partial charge in [-0.1, -0.05) is 50.0 Å². The van der Waals surface area contributed by atoms with E-state index in [1.54, 1.807) is 18.9 Å². The van der Waals surface area contributed by atoms with Crippen molar-refractivity contribution in [1.82, 2.24) is 19.9 Å². The molecule has 1 aromatic heterocycles. The number of hydrogen-bond acceptors (Lipinski definition) is 8. The Morgan fingerprint density at radius 1 is 1.25 bits per heavy atom. The third kappa shape index (κ3) is 5.45. The van der Waals surface area contributed by atoms with Crippen molar-refractivity contribution < 1.29 is 4.74 Å². The van der Waals surface area contributed by atoms with Gasteiger partial charge in [-0.05, 0) is 30.4 Å².